The third kappa shape index (κ3) is 9.07. The van der Waals surface area contributed by atoms with Crippen LogP contribution in [0.15, 0.2) is 29.2 Å². The molecule has 2 aliphatic rings. The van der Waals surface area contributed by atoms with Crippen molar-refractivity contribution in [3.63, 3.8) is 0 Å². The van der Waals surface area contributed by atoms with Crippen molar-refractivity contribution in [1.29, 1.82) is 0 Å². The van der Waals surface area contributed by atoms with Crippen molar-refractivity contribution in [3.8, 4) is 0 Å². The molecule has 2 saturated heterocycles. The molecule has 0 bridgehead atoms. The fraction of sp³-hybridized carbons (Fsp3) is 0.786. The highest BCUT2D eigenvalue weighted by Gasteiger charge is 2.41. The second kappa shape index (κ2) is 14.8. The number of hydrogen-bond acceptors (Lipinski definition) is 7. The molecule has 3 rings (SSSR count). The second-order valence-corrected chi connectivity index (χ2v) is 12.1. The Balaban J connectivity index is 1.33. The van der Waals surface area contributed by atoms with Gasteiger partial charge in [-0.2, -0.15) is 8.42 Å². The maximum Gasteiger partial charge on any atom is 0.297 e. The molecule has 0 unspecified atom stereocenters. The second-order valence-electron chi connectivity index (χ2n) is 10.5. The molecule has 0 amide bonds. The quantitative estimate of drug-likeness (QED) is 0.230. The largest absolute Gasteiger partial charge is 0.390 e. The van der Waals surface area contributed by atoms with Crippen molar-refractivity contribution in [2.24, 2.45) is 0 Å². The smallest absolute Gasteiger partial charge is 0.297 e. The Hall–Kier alpha value is -1.03. The van der Waals surface area contributed by atoms with Gasteiger partial charge >= 0.3 is 0 Å². The van der Waals surface area contributed by atoms with Gasteiger partial charge in [-0.25, -0.2) is 0 Å². The minimum atomic E-state index is -3.93. The highest BCUT2D eigenvalue weighted by molar-refractivity contribution is 7.86. The summed E-state index contributed by atoms with van der Waals surface area (Å²) >= 11 is 0. The van der Waals surface area contributed by atoms with Crippen LogP contribution < -0.4 is 0 Å². The lowest BCUT2D eigenvalue weighted by molar-refractivity contribution is -0.113. The normalized spacial score (nSPS) is 26.3. The molecule has 0 aromatic heterocycles. The van der Waals surface area contributed by atoms with E-state index < -0.39 is 28.4 Å². The van der Waals surface area contributed by atoms with Crippen LogP contribution in [0.3, 0.4) is 0 Å². The lowest BCUT2D eigenvalue weighted by Crippen LogP contribution is -2.35. The lowest BCUT2D eigenvalue weighted by atomic mass is 10.0. The number of aliphatic hydroxyl groups is 2. The molecule has 2 heterocycles. The van der Waals surface area contributed by atoms with Gasteiger partial charge < -0.3 is 19.7 Å². The monoisotopic (exact) mass is 526 g/mol. The number of rotatable bonds is 16. The summed E-state index contributed by atoms with van der Waals surface area (Å²) in [5.74, 6) is 0. The Morgan fingerprint density at radius 3 is 1.94 bits per heavy atom. The SMILES string of the molecule is CCCCCCCCCC[C@@H](O)[C@H]1CC[C@H]([C@H]2CC[C@H]([C@@H](O)COS(=O)(=O)c3ccc(C)cc3)O2)O1. The zero-order chi connectivity index (χ0) is 26.0. The Morgan fingerprint density at radius 1 is 0.833 bits per heavy atom. The van der Waals surface area contributed by atoms with Crippen molar-refractivity contribution in [2.45, 2.75) is 139 Å². The van der Waals surface area contributed by atoms with Crippen LogP contribution >= 0.6 is 0 Å². The van der Waals surface area contributed by atoms with E-state index in [0.717, 1.165) is 44.1 Å². The Kier molecular flexibility index (Phi) is 12.1. The van der Waals surface area contributed by atoms with Crippen molar-refractivity contribution >= 4 is 10.1 Å². The van der Waals surface area contributed by atoms with Crippen LogP contribution in [0.5, 0.6) is 0 Å². The highest BCUT2D eigenvalue weighted by Crippen LogP contribution is 2.34. The molecule has 206 valence electrons. The number of unbranched alkanes of at least 4 members (excludes halogenated alkanes) is 7. The summed E-state index contributed by atoms with van der Waals surface area (Å²) in [6.07, 6.45) is 11.3. The molecule has 7 nitrogen and oxygen atoms in total. The van der Waals surface area contributed by atoms with Gasteiger partial charge in [-0.15, -0.1) is 0 Å². The van der Waals surface area contributed by atoms with Crippen LogP contribution in [0.1, 0.15) is 96.0 Å². The Bertz CT molecular complexity index is 857. The van der Waals surface area contributed by atoms with E-state index in [-0.39, 0.29) is 29.8 Å². The number of benzene rings is 1. The first-order valence-electron chi connectivity index (χ1n) is 13.9. The van der Waals surface area contributed by atoms with E-state index in [1.807, 2.05) is 6.92 Å². The molecule has 0 radical (unpaired) electrons. The molecular weight excluding hydrogens is 480 g/mol. The van der Waals surface area contributed by atoms with E-state index in [1.165, 1.54) is 50.7 Å². The first-order chi connectivity index (χ1) is 17.3. The standard InChI is InChI=1S/C28H46O7S/c1-3-4-5-6-7-8-9-10-11-23(29)25-16-18-27(34-25)28-19-17-26(35-28)24(30)20-33-36(31,32)22-14-12-21(2)13-15-22/h12-15,23-30H,3-11,16-20H2,1-2H3/t23-,24+,25-,26-,27-,28-/m1/s1. The van der Waals surface area contributed by atoms with E-state index in [0.29, 0.717) is 6.42 Å². The van der Waals surface area contributed by atoms with E-state index >= 15 is 0 Å². The molecule has 1 aromatic carbocycles. The molecule has 0 saturated carbocycles. The van der Waals surface area contributed by atoms with Crippen molar-refractivity contribution in [2.75, 3.05) is 6.61 Å². The summed E-state index contributed by atoms with van der Waals surface area (Å²) in [4.78, 5) is 0.0708. The molecule has 1 aromatic rings. The summed E-state index contributed by atoms with van der Waals surface area (Å²) in [5.41, 5.74) is 0.955. The number of aliphatic hydroxyl groups excluding tert-OH is 2. The summed E-state index contributed by atoms with van der Waals surface area (Å²) < 4.78 is 42.1. The van der Waals surface area contributed by atoms with E-state index in [1.54, 1.807) is 12.1 Å². The van der Waals surface area contributed by atoms with Crippen LogP contribution in [0.2, 0.25) is 0 Å². The predicted octanol–water partition coefficient (Wildman–Crippen LogP) is 5.05. The van der Waals surface area contributed by atoms with Gasteiger partial charge in [0, 0.05) is 0 Å². The van der Waals surface area contributed by atoms with Gasteiger partial charge in [0.1, 0.15) is 6.10 Å². The van der Waals surface area contributed by atoms with Gasteiger partial charge in [-0.05, 0) is 51.2 Å². The molecule has 2 aliphatic heterocycles. The van der Waals surface area contributed by atoms with Crippen molar-refractivity contribution in [3.05, 3.63) is 29.8 Å². The molecule has 2 N–H and O–H groups in total. The molecule has 2 fully saturated rings. The molecule has 0 spiro atoms. The van der Waals surface area contributed by atoms with Gasteiger partial charge in [0.15, 0.2) is 0 Å². The van der Waals surface area contributed by atoms with E-state index in [9.17, 15) is 18.6 Å². The molecule has 6 atom stereocenters. The zero-order valence-corrected chi connectivity index (χ0v) is 22.8. The third-order valence-electron chi connectivity index (χ3n) is 7.50. The van der Waals surface area contributed by atoms with Gasteiger partial charge in [0.25, 0.3) is 10.1 Å². The zero-order valence-electron chi connectivity index (χ0n) is 22.0. The maximum absolute atomic E-state index is 12.4. The fourth-order valence-electron chi connectivity index (χ4n) is 5.20. The highest BCUT2D eigenvalue weighted by atomic mass is 32.2. The first kappa shape index (κ1) is 29.5. The minimum absolute atomic E-state index is 0.0708. The Morgan fingerprint density at radius 2 is 1.36 bits per heavy atom. The average Bonchev–Trinajstić information content (AvgIpc) is 3.55. The van der Waals surface area contributed by atoms with Crippen molar-refractivity contribution < 1.29 is 32.3 Å². The van der Waals surface area contributed by atoms with E-state index in [2.05, 4.69) is 6.92 Å². The summed E-state index contributed by atoms with van der Waals surface area (Å²) in [5, 5.41) is 21.1. The Labute approximate surface area is 217 Å². The topological polar surface area (TPSA) is 102 Å². The molecule has 36 heavy (non-hydrogen) atoms. The molecular formula is C28H46O7S. The van der Waals surface area contributed by atoms with Crippen LogP contribution in [0.25, 0.3) is 0 Å². The van der Waals surface area contributed by atoms with Crippen molar-refractivity contribution in [1.82, 2.24) is 0 Å². The maximum atomic E-state index is 12.4. The molecule has 8 heteroatoms. The average molecular weight is 527 g/mol. The van der Waals surface area contributed by atoms with Gasteiger partial charge in [-0.3, -0.25) is 4.18 Å². The van der Waals surface area contributed by atoms with E-state index in [4.69, 9.17) is 13.7 Å². The fourth-order valence-corrected chi connectivity index (χ4v) is 6.13. The number of ether oxygens (including phenoxy) is 2. The summed E-state index contributed by atoms with van der Waals surface area (Å²) in [6, 6.07) is 6.41. The van der Waals surface area contributed by atoms with Crippen LogP contribution in [-0.2, 0) is 23.8 Å². The lowest BCUT2D eigenvalue weighted by Gasteiger charge is -2.24. The summed E-state index contributed by atoms with van der Waals surface area (Å²) in [7, 11) is -3.93. The van der Waals surface area contributed by atoms with Gasteiger partial charge in [-0.1, -0.05) is 76.0 Å². The minimum Gasteiger partial charge on any atom is -0.390 e. The first-order valence-corrected chi connectivity index (χ1v) is 15.3. The third-order valence-corrected chi connectivity index (χ3v) is 8.80. The van der Waals surface area contributed by atoms with Crippen LogP contribution in [0, 0.1) is 6.92 Å². The van der Waals surface area contributed by atoms with Crippen LogP contribution in [-0.4, -0.2) is 61.9 Å². The van der Waals surface area contributed by atoms with Gasteiger partial charge in [0.2, 0.25) is 0 Å². The van der Waals surface area contributed by atoms with Gasteiger partial charge in [0.05, 0.1) is 42.0 Å². The number of aryl methyl sites for hydroxylation is 1. The number of hydrogen-bond donors (Lipinski definition) is 2. The van der Waals surface area contributed by atoms with Crippen LogP contribution in [0.4, 0.5) is 0 Å². The predicted molar refractivity (Wildman–Crippen MR) is 139 cm³/mol. The molecule has 0 aliphatic carbocycles. The summed E-state index contributed by atoms with van der Waals surface area (Å²) in [6.45, 7) is 3.76.